The number of nitrogens with zero attached hydrogens (tertiary/aromatic N) is 2. The van der Waals surface area contributed by atoms with E-state index in [0.717, 1.165) is 45.6 Å². The molecule has 0 saturated heterocycles. The minimum absolute atomic E-state index is 0.0207. The van der Waals surface area contributed by atoms with Gasteiger partial charge in [-0.1, -0.05) is 107 Å². The van der Waals surface area contributed by atoms with Gasteiger partial charge in [-0.05, 0) is 73.4 Å². The zero-order valence-corrected chi connectivity index (χ0v) is 28.8. The number of rotatable bonds is 12. The molecule has 1 aliphatic carbocycles. The number of hydrogen-bond acceptors (Lipinski definition) is 4. The van der Waals surface area contributed by atoms with Gasteiger partial charge in [-0.15, -0.1) is 0 Å². The number of aryl methyl sites for hydroxylation is 1. The Kier molecular flexibility index (Phi) is 11.2. The van der Waals surface area contributed by atoms with Crippen LogP contribution in [0.1, 0.15) is 42.4 Å². The zero-order chi connectivity index (χ0) is 32.7. The summed E-state index contributed by atoms with van der Waals surface area (Å²) in [6.07, 6.45) is 4.09. The van der Waals surface area contributed by atoms with Gasteiger partial charge in [-0.3, -0.25) is 13.9 Å². The molecule has 1 saturated carbocycles. The Hall–Kier alpha value is -3.66. The lowest BCUT2D eigenvalue weighted by Gasteiger charge is -2.34. The molecule has 0 bridgehead atoms. The average Bonchev–Trinajstić information content (AvgIpc) is 3.56. The van der Waals surface area contributed by atoms with Gasteiger partial charge >= 0.3 is 0 Å². The van der Waals surface area contributed by atoms with Crippen molar-refractivity contribution in [3.8, 4) is 0 Å². The highest BCUT2D eigenvalue weighted by Crippen LogP contribution is 2.28. The van der Waals surface area contributed by atoms with E-state index >= 15 is 0 Å². The summed E-state index contributed by atoms with van der Waals surface area (Å²) in [6, 6.07) is 29.1. The van der Waals surface area contributed by atoms with Crippen LogP contribution in [0.15, 0.2) is 112 Å². The van der Waals surface area contributed by atoms with Gasteiger partial charge in [0.15, 0.2) is 0 Å². The predicted octanol–water partition coefficient (Wildman–Crippen LogP) is 7.31. The van der Waals surface area contributed by atoms with Crippen LogP contribution in [-0.4, -0.2) is 43.8 Å². The fourth-order valence-electron chi connectivity index (χ4n) is 5.71. The molecule has 4 aromatic carbocycles. The Balaban J connectivity index is 1.57. The maximum Gasteiger partial charge on any atom is 0.264 e. The van der Waals surface area contributed by atoms with Crippen molar-refractivity contribution >= 4 is 55.1 Å². The minimum Gasteiger partial charge on any atom is -0.352 e. The van der Waals surface area contributed by atoms with Gasteiger partial charge < -0.3 is 10.2 Å². The summed E-state index contributed by atoms with van der Waals surface area (Å²) in [4.78, 5) is 30.2. The largest absolute Gasteiger partial charge is 0.352 e. The van der Waals surface area contributed by atoms with Gasteiger partial charge in [0.1, 0.15) is 12.6 Å². The second-order valence-electron chi connectivity index (χ2n) is 11.6. The van der Waals surface area contributed by atoms with Crippen molar-refractivity contribution in [1.82, 2.24) is 10.2 Å². The fourth-order valence-corrected chi connectivity index (χ4v) is 7.58. The summed E-state index contributed by atoms with van der Waals surface area (Å²) in [5.41, 5.74) is 2.77. The van der Waals surface area contributed by atoms with Crippen LogP contribution in [0.25, 0.3) is 0 Å². The van der Waals surface area contributed by atoms with E-state index in [9.17, 15) is 18.0 Å². The molecular formula is C36H37BrClN3O4S. The molecule has 1 fully saturated rings. The van der Waals surface area contributed by atoms with Gasteiger partial charge in [0.05, 0.1) is 10.6 Å². The third-order valence-corrected chi connectivity index (χ3v) is 11.0. The highest BCUT2D eigenvalue weighted by atomic mass is 79.9. The first-order chi connectivity index (χ1) is 22.1. The molecular weight excluding hydrogens is 686 g/mol. The van der Waals surface area contributed by atoms with Crippen LogP contribution < -0.4 is 9.62 Å². The molecule has 0 aromatic heterocycles. The maximum atomic E-state index is 14.6. The Bertz CT molecular complexity index is 1750. The van der Waals surface area contributed by atoms with Crippen molar-refractivity contribution in [3.63, 3.8) is 0 Å². The summed E-state index contributed by atoms with van der Waals surface area (Å²) in [5.74, 6) is -0.797. The molecule has 0 spiro atoms. The van der Waals surface area contributed by atoms with Crippen molar-refractivity contribution < 1.29 is 18.0 Å². The van der Waals surface area contributed by atoms with E-state index in [-0.39, 0.29) is 29.8 Å². The first-order valence-corrected chi connectivity index (χ1v) is 17.9. The molecule has 1 N–H and O–H groups in total. The SMILES string of the molecule is Cc1ccc(S(=O)(=O)N(CC(=O)N(Cc2ccccc2Cl)[C@@H](Cc2ccccc2)C(=O)NC2CCCC2)c2ccc(Br)cc2)cc1. The highest BCUT2D eigenvalue weighted by Gasteiger charge is 2.35. The van der Waals surface area contributed by atoms with E-state index in [2.05, 4.69) is 21.2 Å². The van der Waals surface area contributed by atoms with E-state index < -0.39 is 28.5 Å². The second-order valence-corrected chi connectivity index (χ2v) is 14.8. The third-order valence-electron chi connectivity index (χ3n) is 8.27. The van der Waals surface area contributed by atoms with Crippen LogP contribution in [0.5, 0.6) is 0 Å². The first kappa shape index (κ1) is 33.7. The molecule has 10 heteroatoms. The monoisotopic (exact) mass is 721 g/mol. The number of nitrogens with one attached hydrogen (secondary N) is 1. The van der Waals surface area contributed by atoms with Crippen molar-refractivity contribution in [2.24, 2.45) is 0 Å². The predicted molar refractivity (Wildman–Crippen MR) is 186 cm³/mol. The molecule has 4 aromatic rings. The number of hydrogen-bond donors (Lipinski definition) is 1. The van der Waals surface area contributed by atoms with E-state index in [1.165, 1.54) is 17.0 Å². The molecule has 0 aliphatic heterocycles. The Morgan fingerprint density at radius 1 is 0.891 bits per heavy atom. The number of anilines is 1. The lowest BCUT2D eigenvalue weighted by molar-refractivity contribution is -0.140. The Morgan fingerprint density at radius 3 is 2.17 bits per heavy atom. The molecule has 240 valence electrons. The maximum absolute atomic E-state index is 14.6. The second kappa shape index (κ2) is 15.3. The van der Waals surface area contributed by atoms with E-state index in [0.29, 0.717) is 16.3 Å². The summed E-state index contributed by atoms with van der Waals surface area (Å²) in [7, 11) is -4.17. The molecule has 46 heavy (non-hydrogen) atoms. The number of benzene rings is 4. The molecule has 1 atom stereocenters. The van der Waals surface area contributed by atoms with Gasteiger partial charge in [-0.2, -0.15) is 0 Å². The first-order valence-electron chi connectivity index (χ1n) is 15.3. The topological polar surface area (TPSA) is 86.8 Å². The molecule has 0 heterocycles. The molecule has 7 nitrogen and oxygen atoms in total. The Labute approximate surface area is 284 Å². The van der Waals surface area contributed by atoms with E-state index in [1.54, 1.807) is 48.5 Å². The van der Waals surface area contributed by atoms with Crippen LogP contribution in [0, 0.1) is 6.92 Å². The highest BCUT2D eigenvalue weighted by molar-refractivity contribution is 9.10. The van der Waals surface area contributed by atoms with Gasteiger partial charge in [-0.25, -0.2) is 8.42 Å². The van der Waals surface area contributed by atoms with Crippen LogP contribution >= 0.6 is 27.5 Å². The fraction of sp³-hybridized carbons (Fsp3) is 0.278. The standard InChI is InChI=1S/C36H37BrClN3O4S/c1-26-15-21-32(22-16-26)46(44,45)41(31-19-17-29(37)18-20-31)25-35(42)40(24-28-11-5-8-14-33(28)38)34(23-27-9-3-2-4-10-27)36(43)39-30-12-6-7-13-30/h2-5,8-11,14-22,30,34H,6-7,12-13,23-25H2,1H3,(H,39,43)/t34-/m0/s1. The minimum atomic E-state index is -4.17. The molecule has 2 amide bonds. The van der Waals surface area contributed by atoms with Gasteiger partial charge in [0.2, 0.25) is 11.8 Å². The van der Waals surface area contributed by atoms with Crippen molar-refractivity contribution in [1.29, 1.82) is 0 Å². The molecule has 0 radical (unpaired) electrons. The molecule has 0 unspecified atom stereocenters. The smallest absolute Gasteiger partial charge is 0.264 e. The van der Waals surface area contributed by atoms with Crippen molar-refractivity contribution in [2.45, 2.75) is 62.6 Å². The van der Waals surface area contributed by atoms with Gasteiger partial charge in [0.25, 0.3) is 10.0 Å². The summed E-state index contributed by atoms with van der Waals surface area (Å²) in [6.45, 7) is 1.37. The Morgan fingerprint density at radius 2 is 1.52 bits per heavy atom. The van der Waals surface area contributed by atoms with Crippen LogP contribution in [-0.2, 0) is 32.6 Å². The average molecular weight is 723 g/mol. The van der Waals surface area contributed by atoms with Crippen LogP contribution in [0.3, 0.4) is 0 Å². The summed E-state index contributed by atoms with van der Waals surface area (Å²) < 4.78 is 30.2. The lowest BCUT2D eigenvalue weighted by atomic mass is 10.0. The van der Waals surface area contributed by atoms with E-state index in [4.69, 9.17) is 11.6 Å². The molecule has 5 rings (SSSR count). The molecule has 1 aliphatic rings. The normalized spacial score (nSPS) is 14.1. The van der Waals surface area contributed by atoms with Crippen LogP contribution in [0.4, 0.5) is 5.69 Å². The van der Waals surface area contributed by atoms with Gasteiger partial charge in [0, 0.05) is 28.5 Å². The van der Waals surface area contributed by atoms with Crippen LogP contribution in [0.2, 0.25) is 5.02 Å². The van der Waals surface area contributed by atoms with E-state index in [1.807, 2.05) is 49.4 Å². The number of amides is 2. The summed E-state index contributed by atoms with van der Waals surface area (Å²) in [5, 5.41) is 3.64. The lowest BCUT2D eigenvalue weighted by Crippen LogP contribution is -2.54. The third kappa shape index (κ3) is 8.37. The zero-order valence-electron chi connectivity index (χ0n) is 25.6. The summed E-state index contributed by atoms with van der Waals surface area (Å²) >= 11 is 10.0. The number of sulfonamides is 1. The van der Waals surface area contributed by atoms with Crippen molar-refractivity contribution in [2.75, 3.05) is 10.8 Å². The quantitative estimate of drug-likeness (QED) is 0.166. The van der Waals surface area contributed by atoms with Crippen molar-refractivity contribution in [3.05, 3.63) is 129 Å². The number of carbonyl (C=O) groups excluding carboxylic acids is 2. The number of carbonyl (C=O) groups is 2. The number of halogens is 2.